The summed E-state index contributed by atoms with van der Waals surface area (Å²) in [6.45, 7) is 0.722. The first-order valence-corrected chi connectivity index (χ1v) is 10.9. The average Bonchev–Trinajstić information content (AvgIpc) is 2.86. The fourth-order valence-electron chi connectivity index (χ4n) is 3.20. The highest BCUT2D eigenvalue weighted by Crippen LogP contribution is 2.22. The van der Waals surface area contributed by atoms with Gasteiger partial charge in [-0.05, 0) is 24.3 Å². The fraction of sp³-hybridized carbons (Fsp3) is 0.333. The topological polar surface area (TPSA) is 145 Å². The molecule has 2 amide bonds. The SMILES string of the molecule is N#Cc1ccccc1OCCC(O)NCCNC(=O)COc1ccccc1C1=NNC(=O)CC1. The zero-order chi connectivity index (χ0) is 24.2. The van der Waals surface area contributed by atoms with Crippen molar-refractivity contribution in [1.82, 2.24) is 16.1 Å². The van der Waals surface area contributed by atoms with Crippen molar-refractivity contribution in [2.75, 3.05) is 26.3 Å². The van der Waals surface area contributed by atoms with Crippen LogP contribution in [0.1, 0.15) is 30.4 Å². The Balaban J connectivity index is 1.32. The van der Waals surface area contributed by atoms with Gasteiger partial charge >= 0.3 is 0 Å². The molecule has 0 saturated carbocycles. The van der Waals surface area contributed by atoms with Gasteiger partial charge in [-0.3, -0.25) is 14.9 Å². The molecule has 0 saturated heterocycles. The molecular formula is C24H27N5O5. The predicted octanol–water partition coefficient (Wildman–Crippen LogP) is 1.04. The number of carbonyl (C=O) groups is 2. The average molecular weight is 466 g/mol. The van der Waals surface area contributed by atoms with E-state index in [2.05, 4.69) is 27.2 Å². The molecule has 0 aliphatic carbocycles. The Morgan fingerprint density at radius 2 is 1.88 bits per heavy atom. The fourth-order valence-corrected chi connectivity index (χ4v) is 3.20. The lowest BCUT2D eigenvalue weighted by atomic mass is 10.0. The number of ether oxygens (including phenoxy) is 2. The first-order valence-electron chi connectivity index (χ1n) is 10.9. The molecule has 0 radical (unpaired) electrons. The zero-order valence-corrected chi connectivity index (χ0v) is 18.6. The Morgan fingerprint density at radius 3 is 2.65 bits per heavy atom. The van der Waals surface area contributed by atoms with E-state index in [9.17, 15) is 14.7 Å². The smallest absolute Gasteiger partial charge is 0.257 e. The van der Waals surface area contributed by atoms with E-state index in [-0.39, 0.29) is 25.0 Å². The molecule has 0 bridgehead atoms. The van der Waals surface area contributed by atoms with Gasteiger partial charge in [0, 0.05) is 37.9 Å². The van der Waals surface area contributed by atoms with E-state index in [0.29, 0.717) is 55.1 Å². The van der Waals surface area contributed by atoms with E-state index >= 15 is 0 Å². The van der Waals surface area contributed by atoms with Crippen molar-refractivity contribution in [3.8, 4) is 17.6 Å². The highest BCUT2D eigenvalue weighted by Gasteiger charge is 2.17. The molecule has 1 aliphatic rings. The maximum atomic E-state index is 12.1. The van der Waals surface area contributed by atoms with Gasteiger partial charge < -0.3 is 19.9 Å². The minimum atomic E-state index is -0.814. The Morgan fingerprint density at radius 1 is 1.12 bits per heavy atom. The number of amides is 2. The van der Waals surface area contributed by atoms with Crippen LogP contribution in [0.5, 0.6) is 11.5 Å². The van der Waals surface area contributed by atoms with Crippen LogP contribution >= 0.6 is 0 Å². The van der Waals surface area contributed by atoms with Gasteiger partial charge in [0.1, 0.15) is 23.8 Å². The number of rotatable bonds is 12. The highest BCUT2D eigenvalue weighted by molar-refractivity contribution is 6.06. The molecular weight excluding hydrogens is 438 g/mol. The summed E-state index contributed by atoms with van der Waals surface area (Å²) < 4.78 is 11.2. The number of benzene rings is 2. The molecule has 1 unspecified atom stereocenters. The zero-order valence-electron chi connectivity index (χ0n) is 18.6. The van der Waals surface area contributed by atoms with E-state index in [1.807, 2.05) is 12.1 Å². The van der Waals surface area contributed by atoms with Crippen LogP contribution < -0.4 is 25.5 Å². The Kier molecular flexibility index (Phi) is 9.40. The van der Waals surface area contributed by atoms with E-state index in [4.69, 9.17) is 14.7 Å². The molecule has 1 heterocycles. The molecule has 34 heavy (non-hydrogen) atoms. The van der Waals surface area contributed by atoms with Gasteiger partial charge in [0.2, 0.25) is 5.91 Å². The van der Waals surface area contributed by atoms with Crippen molar-refractivity contribution in [3.05, 3.63) is 59.7 Å². The van der Waals surface area contributed by atoms with Gasteiger partial charge in [-0.1, -0.05) is 24.3 Å². The number of aliphatic hydroxyl groups is 1. The molecule has 0 aromatic heterocycles. The molecule has 178 valence electrons. The molecule has 1 aliphatic heterocycles. The summed E-state index contributed by atoms with van der Waals surface area (Å²) in [6, 6.07) is 16.2. The van der Waals surface area contributed by atoms with Crippen LogP contribution in [0.2, 0.25) is 0 Å². The highest BCUT2D eigenvalue weighted by atomic mass is 16.5. The first kappa shape index (κ1) is 24.7. The molecule has 1 atom stereocenters. The number of hydrogen-bond donors (Lipinski definition) is 4. The number of carbonyl (C=O) groups excluding carboxylic acids is 2. The monoisotopic (exact) mass is 465 g/mol. The first-order chi connectivity index (χ1) is 16.6. The van der Waals surface area contributed by atoms with Crippen LogP contribution in [0.25, 0.3) is 0 Å². The van der Waals surface area contributed by atoms with E-state index in [1.165, 1.54) is 0 Å². The molecule has 4 N–H and O–H groups in total. The van der Waals surface area contributed by atoms with Crippen molar-refractivity contribution in [2.24, 2.45) is 5.10 Å². The lowest BCUT2D eigenvalue weighted by Crippen LogP contribution is -2.39. The van der Waals surface area contributed by atoms with E-state index < -0.39 is 6.23 Å². The molecule has 0 spiro atoms. The minimum absolute atomic E-state index is 0.128. The van der Waals surface area contributed by atoms with Gasteiger partial charge in [-0.25, -0.2) is 5.43 Å². The standard InChI is InChI=1S/C24H27N5O5/c25-15-17-5-1-3-7-20(17)33-14-11-22(30)26-12-13-27-24(32)16-34-21-8-4-2-6-18(21)19-9-10-23(31)29-28-19/h1-8,22,26,30H,9-14,16H2,(H,27,32)(H,29,31). The third-order valence-corrected chi connectivity index (χ3v) is 4.94. The number of nitriles is 1. The van der Waals surface area contributed by atoms with Crippen molar-refractivity contribution in [2.45, 2.75) is 25.5 Å². The van der Waals surface area contributed by atoms with E-state index in [0.717, 1.165) is 5.56 Å². The predicted molar refractivity (Wildman–Crippen MR) is 124 cm³/mol. The summed E-state index contributed by atoms with van der Waals surface area (Å²) >= 11 is 0. The van der Waals surface area contributed by atoms with Crippen molar-refractivity contribution < 1.29 is 24.2 Å². The summed E-state index contributed by atoms with van der Waals surface area (Å²) in [5, 5.41) is 28.7. The summed E-state index contributed by atoms with van der Waals surface area (Å²) in [5.41, 5.74) is 4.34. The van der Waals surface area contributed by atoms with Gasteiger partial charge in [-0.2, -0.15) is 10.4 Å². The third kappa shape index (κ3) is 7.58. The summed E-state index contributed by atoms with van der Waals surface area (Å²) in [5.74, 6) is 0.559. The molecule has 10 heteroatoms. The van der Waals surface area contributed by atoms with Crippen LogP contribution in [0, 0.1) is 11.3 Å². The van der Waals surface area contributed by atoms with Crippen molar-refractivity contribution in [1.29, 1.82) is 5.26 Å². The van der Waals surface area contributed by atoms with Gasteiger partial charge in [0.05, 0.1) is 17.9 Å². The largest absolute Gasteiger partial charge is 0.492 e. The number of aliphatic hydroxyl groups excluding tert-OH is 1. The Labute approximate surface area is 197 Å². The second kappa shape index (κ2) is 12.9. The maximum absolute atomic E-state index is 12.1. The number of hydrazone groups is 1. The van der Waals surface area contributed by atoms with Crippen LogP contribution in [-0.4, -0.2) is 55.2 Å². The van der Waals surface area contributed by atoms with Gasteiger partial charge in [0.15, 0.2) is 6.61 Å². The van der Waals surface area contributed by atoms with Gasteiger partial charge in [0.25, 0.3) is 5.91 Å². The molecule has 2 aromatic rings. The second-order valence-corrected chi connectivity index (χ2v) is 7.44. The summed E-state index contributed by atoms with van der Waals surface area (Å²) in [7, 11) is 0. The Hall–Kier alpha value is -3.94. The lowest BCUT2D eigenvalue weighted by molar-refractivity contribution is -0.123. The quantitative estimate of drug-likeness (QED) is 0.271. The lowest BCUT2D eigenvalue weighted by Gasteiger charge is -2.16. The van der Waals surface area contributed by atoms with Crippen LogP contribution in [0.4, 0.5) is 0 Å². The normalized spacial score (nSPS) is 13.8. The van der Waals surface area contributed by atoms with E-state index in [1.54, 1.807) is 36.4 Å². The second-order valence-electron chi connectivity index (χ2n) is 7.44. The molecule has 3 rings (SSSR count). The number of hydrogen-bond acceptors (Lipinski definition) is 8. The number of nitrogens with zero attached hydrogens (tertiary/aromatic N) is 2. The molecule has 0 fully saturated rings. The summed E-state index contributed by atoms with van der Waals surface area (Å²) in [4.78, 5) is 23.4. The van der Waals surface area contributed by atoms with Crippen molar-refractivity contribution in [3.63, 3.8) is 0 Å². The van der Waals surface area contributed by atoms with Crippen molar-refractivity contribution >= 4 is 17.5 Å². The number of nitrogens with one attached hydrogen (secondary N) is 3. The van der Waals surface area contributed by atoms with Crippen LogP contribution in [0.3, 0.4) is 0 Å². The number of para-hydroxylation sites is 2. The molecule has 10 nitrogen and oxygen atoms in total. The Bertz CT molecular complexity index is 1070. The maximum Gasteiger partial charge on any atom is 0.257 e. The van der Waals surface area contributed by atoms with Gasteiger partial charge in [-0.15, -0.1) is 0 Å². The summed E-state index contributed by atoms with van der Waals surface area (Å²) in [6.07, 6.45) is 0.359. The molecule has 2 aromatic carbocycles. The van der Waals surface area contributed by atoms with Crippen LogP contribution in [-0.2, 0) is 9.59 Å². The minimum Gasteiger partial charge on any atom is -0.492 e. The third-order valence-electron chi connectivity index (χ3n) is 4.94. The van der Waals surface area contributed by atoms with Crippen LogP contribution in [0.15, 0.2) is 53.6 Å².